The van der Waals surface area contributed by atoms with Crippen LogP contribution in [0.25, 0.3) is 0 Å². The molecule has 4 rings (SSSR count). The van der Waals surface area contributed by atoms with Crippen molar-refractivity contribution in [1.82, 2.24) is 9.21 Å². The molecule has 3 aromatic carbocycles. The highest BCUT2D eigenvalue weighted by molar-refractivity contribution is 7.89. The molecule has 1 saturated heterocycles. The van der Waals surface area contributed by atoms with Crippen LogP contribution in [0.4, 0.5) is 0 Å². The van der Waals surface area contributed by atoms with E-state index in [2.05, 4.69) is 24.3 Å². The highest BCUT2D eigenvalue weighted by atomic mass is 35.5. The molecule has 1 heterocycles. The quantitative estimate of drug-likeness (QED) is 0.440. The molecule has 1 aliphatic rings. The zero-order valence-electron chi connectivity index (χ0n) is 19.0. The molecule has 1 aliphatic heterocycles. The second kappa shape index (κ2) is 11.2. The zero-order valence-corrected chi connectivity index (χ0v) is 20.6. The summed E-state index contributed by atoms with van der Waals surface area (Å²) in [5.74, 6) is 0.372. The summed E-state index contributed by atoms with van der Waals surface area (Å²) < 4.78 is 28.1. The van der Waals surface area contributed by atoms with Gasteiger partial charge in [0.1, 0.15) is 0 Å². The summed E-state index contributed by atoms with van der Waals surface area (Å²) in [4.78, 5) is 15.1. The number of likely N-dealkylation sites (tertiary alicyclic amines) is 1. The SMILES string of the molecule is O=C(CN(Cc1ccccc1)S(=O)(=O)c1ccc(Cl)cc1)N1CCC(Cc2ccccc2)CC1. The smallest absolute Gasteiger partial charge is 0.243 e. The van der Waals surface area contributed by atoms with Crippen LogP contribution in [0.3, 0.4) is 0 Å². The van der Waals surface area contributed by atoms with Crippen molar-refractivity contribution in [2.24, 2.45) is 5.92 Å². The van der Waals surface area contributed by atoms with Gasteiger partial charge in [-0.2, -0.15) is 4.31 Å². The van der Waals surface area contributed by atoms with Crippen LogP contribution >= 0.6 is 11.6 Å². The first-order chi connectivity index (χ1) is 16.4. The number of hydrogen-bond donors (Lipinski definition) is 0. The highest BCUT2D eigenvalue weighted by Gasteiger charge is 2.30. The molecule has 0 atom stereocenters. The minimum absolute atomic E-state index is 0.127. The Morgan fingerprint density at radius 2 is 1.41 bits per heavy atom. The van der Waals surface area contributed by atoms with Crippen molar-refractivity contribution in [1.29, 1.82) is 0 Å². The van der Waals surface area contributed by atoms with Gasteiger partial charge in [-0.25, -0.2) is 8.42 Å². The van der Waals surface area contributed by atoms with Crippen molar-refractivity contribution in [3.63, 3.8) is 0 Å². The van der Waals surface area contributed by atoms with Gasteiger partial charge < -0.3 is 4.90 Å². The molecule has 0 radical (unpaired) electrons. The number of piperidine rings is 1. The monoisotopic (exact) mass is 496 g/mol. The summed E-state index contributed by atoms with van der Waals surface area (Å²) in [6, 6.07) is 25.8. The van der Waals surface area contributed by atoms with Crippen LogP contribution in [0.15, 0.2) is 89.8 Å². The van der Waals surface area contributed by atoms with E-state index >= 15 is 0 Å². The van der Waals surface area contributed by atoms with Gasteiger partial charge in [0.15, 0.2) is 0 Å². The van der Waals surface area contributed by atoms with Crippen molar-refractivity contribution in [3.05, 3.63) is 101 Å². The number of amides is 1. The molecule has 0 unspecified atom stereocenters. The maximum atomic E-state index is 13.4. The average molecular weight is 497 g/mol. The van der Waals surface area contributed by atoms with Gasteiger partial charge in [-0.15, -0.1) is 0 Å². The van der Waals surface area contributed by atoms with Crippen molar-refractivity contribution >= 4 is 27.5 Å². The van der Waals surface area contributed by atoms with Crippen LogP contribution in [0.2, 0.25) is 5.02 Å². The molecule has 0 spiro atoms. The summed E-state index contributed by atoms with van der Waals surface area (Å²) in [5.41, 5.74) is 2.14. The molecule has 0 aromatic heterocycles. The lowest BCUT2D eigenvalue weighted by Crippen LogP contribution is -2.45. The maximum Gasteiger partial charge on any atom is 0.243 e. The predicted octanol–water partition coefficient (Wildman–Crippen LogP) is 5.01. The first kappa shape index (κ1) is 24.5. The number of carbonyl (C=O) groups excluding carboxylic acids is 1. The Morgan fingerprint density at radius 1 is 0.853 bits per heavy atom. The molecule has 0 bridgehead atoms. The molecule has 1 fully saturated rings. The molecule has 7 heteroatoms. The molecule has 0 saturated carbocycles. The molecule has 0 aliphatic carbocycles. The number of sulfonamides is 1. The van der Waals surface area contributed by atoms with Gasteiger partial charge >= 0.3 is 0 Å². The molecular formula is C27H29ClN2O3S. The lowest BCUT2D eigenvalue weighted by molar-refractivity contribution is -0.132. The molecule has 3 aromatic rings. The highest BCUT2D eigenvalue weighted by Crippen LogP contribution is 2.24. The first-order valence-corrected chi connectivity index (χ1v) is 13.3. The van der Waals surface area contributed by atoms with E-state index in [-0.39, 0.29) is 23.9 Å². The Morgan fingerprint density at radius 3 is 2.00 bits per heavy atom. The van der Waals surface area contributed by atoms with Crippen molar-refractivity contribution in [3.8, 4) is 0 Å². The topological polar surface area (TPSA) is 57.7 Å². The van der Waals surface area contributed by atoms with Gasteiger partial charge in [-0.3, -0.25) is 4.79 Å². The second-order valence-electron chi connectivity index (χ2n) is 8.73. The van der Waals surface area contributed by atoms with Gasteiger partial charge in [0.05, 0.1) is 11.4 Å². The lowest BCUT2D eigenvalue weighted by Gasteiger charge is -2.33. The molecule has 178 valence electrons. The molecule has 5 nitrogen and oxygen atoms in total. The number of hydrogen-bond acceptors (Lipinski definition) is 3. The van der Waals surface area contributed by atoms with Crippen LogP contribution in [0.5, 0.6) is 0 Å². The molecule has 1 amide bonds. The van der Waals surface area contributed by atoms with E-state index < -0.39 is 10.0 Å². The number of nitrogens with zero attached hydrogens (tertiary/aromatic N) is 2. The maximum absolute atomic E-state index is 13.4. The fourth-order valence-corrected chi connectivity index (χ4v) is 5.86. The normalized spacial score (nSPS) is 14.9. The van der Waals surface area contributed by atoms with Crippen LogP contribution in [0.1, 0.15) is 24.0 Å². The number of rotatable bonds is 8. The minimum Gasteiger partial charge on any atom is -0.342 e. The second-order valence-corrected chi connectivity index (χ2v) is 11.1. The minimum atomic E-state index is -3.87. The number of halogens is 1. The molecule has 34 heavy (non-hydrogen) atoms. The fraction of sp³-hybridized carbons (Fsp3) is 0.296. The summed E-state index contributed by atoms with van der Waals surface area (Å²) in [6.07, 6.45) is 2.85. The van der Waals surface area contributed by atoms with Crippen molar-refractivity contribution < 1.29 is 13.2 Å². The summed E-state index contributed by atoms with van der Waals surface area (Å²) in [6.45, 7) is 1.23. The Hall–Kier alpha value is -2.67. The van der Waals surface area contributed by atoms with Crippen molar-refractivity contribution in [2.45, 2.75) is 30.7 Å². The Kier molecular flexibility index (Phi) is 8.03. The van der Waals surface area contributed by atoms with E-state index in [4.69, 9.17) is 11.6 Å². The third-order valence-corrected chi connectivity index (χ3v) is 8.36. The zero-order chi connectivity index (χ0) is 24.0. The van der Waals surface area contributed by atoms with E-state index in [1.807, 2.05) is 36.4 Å². The van der Waals surface area contributed by atoms with Crippen LogP contribution in [0, 0.1) is 5.92 Å². The molecular weight excluding hydrogens is 468 g/mol. The van der Waals surface area contributed by atoms with E-state index in [1.165, 1.54) is 22.0 Å². The fourth-order valence-electron chi connectivity index (χ4n) is 4.35. The first-order valence-electron chi connectivity index (χ1n) is 11.5. The lowest BCUT2D eigenvalue weighted by atomic mass is 9.90. The molecule has 0 N–H and O–H groups in total. The average Bonchev–Trinajstić information content (AvgIpc) is 2.85. The van der Waals surface area contributed by atoms with Crippen LogP contribution in [-0.2, 0) is 27.8 Å². The van der Waals surface area contributed by atoms with Crippen LogP contribution in [-0.4, -0.2) is 43.2 Å². The number of carbonyl (C=O) groups is 1. The van der Waals surface area contributed by atoms with E-state index in [0.717, 1.165) is 24.8 Å². The summed E-state index contributed by atoms with van der Waals surface area (Å²) >= 11 is 5.95. The Labute approximate surface area is 207 Å². The van der Waals surface area contributed by atoms with Gasteiger partial charge in [0.25, 0.3) is 0 Å². The Balaban J connectivity index is 1.44. The van der Waals surface area contributed by atoms with Crippen LogP contribution < -0.4 is 0 Å². The number of benzene rings is 3. The largest absolute Gasteiger partial charge is 0.342 e. The Bertz CT molecular complexity index is 1180. The van der Waals surface area contributed by atoms with E-state index in [0.29, 0.717) is 24.0 Å². The third kappa shape index (κ3) is 6.26. The van der Waals surface area contributed by atoms with Gasteiger partial charge in [-0.05, 0) is 60.6 Å². The standard InChI is InChI=1S/C27H29ClN2O3S/c28-25-11-13-26(14-12-25)34(32,33)30(20-24-9-5-2-6-10-24)21-27(31)29-17-15-23(16-18-29)19-22-7-3-1-4-8-22/h1-14,23H,15-21H2. The predicted molar refractivity (Wildman–Crippen MR) is 135 cm³/mol. The van der Waals surface area contributed by atoms with Gasteiger partial charge in [0.2, 0.25) is 15.9 Å². The summed E-state index contributed by atoms with van der Waals surface area (Å²) in [7, 11) is -3.87. The van der Waals surface area contributed by atoms with Crippen molar-refractivity contribution in [2.75, 3.05) is 19.6 Å². The third-order valence-electron chi connectivity index (χ3n) is 6.30. The van der Waals surface area contributed by atoms with E-state index in [9.17, 15) is 13.2 Å². The van der Waals surface area contributed by atoms with Gasteiger partial charge in [0, 0.05) is 24.7 Å². The summed E-state index contributed by atoms with van der Waals surface area (Å²) in [5, 5.41) is 0.461. The van der Waals surface area contributed by atoms with E-state index in [1.54, 1.807) is 17.0 Å². The van der Waals surface area contributed by atoms with Gasteiger partial charge in [-0.1, -0.05) is 72.3 Å².